The summed E-state index contributed by atoms with van der Waals surface area (Å²) in [5.41, 5.74) is 0. The smallest absolute Gasteiger partial charge is 0.389 e. The molecule has 9 unspecified atom stereocenters. The molecule has 0 fully saturated rings. The van der Waals surface area contributed by atoms with Crippen molar-refractivity contribution in [3.8, 4) is 0 Å². The third kappa shape index (κ3) is 48.5. The summed E-state index contributed by atoms with van der Waals surface area (Å²) in [7, 11) is 0. The lowest BCUT2D eigenvalue weighted by molar-refractivity contribution is -0.142. The van der Waals surface area contributed by atoms with Gasteiger partial charge < -0.3 is 40.9 Å². The Balaban J connectivity index is 7.17. The minimum Gasteiger partial charge on any atom is -0.466 e. The van der Waals surface area contributed by atoms with Gasteiger partial charge in [0.1, 0.15) is 0 Å². The lowest BCUT2D eigenvalue weighted by Crippen LogP contribution is -2.18. The Bertz CT molecular complexity index is 2230. The van der Waals surface area contributed by atoms with Crippen molar-refractivity contribution in [3.63, 3.8) is 0 Å². The minimum absolute atomic E-state index is 0.0129. The van der Waals surface area contributed by atoms with Gasteiger partial charge in [-0.15, -0.1) is 0 Å². The third-order valence-electron chi connectivity index (χ3n) is 9.93. The molecule has 0 saturated heterocycles. The summed E-state index contributed by atoms with van der Waals surface area (Å²) in [6, 6.07) is 0. The second-order valence-electron chi connectivity index (χ2n) is 24.5. The zero-order valence-electron chi connectivity index (χ0n) is 58.1. The Hall–Kier alpha value is 2.97. The first kappa shape index (κ1) is 94.0. The molecule has 0 aliphatic carbocycles. The van der Waals surface area contributed by atoms with E-state index >= 15 is 13.7 Å². The minimum atomic E-state index is -4.31. The molecule has 0 aliphatic rings. The molecule has 0 radical (unpaired) electrons. The molecule has 0 bridgehead atoms. The molecule has 9 atom stereocenters. The van der Waals surface area contributed by atoms with Gasteiger partial charge in [-0.1, -0.05) is 104 Å². The van der Waals surface area contributed by atoms with Crippen LogP contribution in [0.3, 0.4) is 0 Å². The van der Waals surface area contributed by atoms with Gasteiger partial charge in [0.15, 0.2) is 0 Å². The zero-order chi connectivity index (χ0) is 69.9. The van der Waals surface area contributed by atoms with E-state index in [-0.39, 0.29) is 148 Å². The summed E-state index contributed by atoms with van der Waals surface area (Å²) in [5.74, 6) is -0.459. The molecule has 37 heteroatoms. The van der Waals surface area contributed by atoms with Crippen molar-refractivity contribution in [2.45, 2.75) is 202 Å². The number of esters is 1. The molecule has 0 aromatic carbocycles. The molecule has 0 aromatic rings. The number of carbonyl (C=O) groups excluding carboxylic acids is 1. The van der Waals surface area contributed by atoms with Crippen molar-refractivity contribution in [2.75, 3.05) is 99.7 Å². The summed E-state index contributed by atoms with van der Waals surface area (Å²) < 4.78 is 190. The highest BCUT2D eigenvalue weighted by Gasteiger charge is 2.40. The van der Waals surface area contributed by atoms with Crippen LogP contribution in [0.15, 0.2) is 0 Å². The molecule has 0 aliphatic heterocycles. The number of hydrogen-bond donors (Lipinski definition) is 0. The fraction of sp³-hybridized carbons (Fsp3) is 0.981. The summed E-state index contributed by atoms with van der Waals surface area (Å²) >= 11 is 5.92. The summed E-state index contributed by atoms with van der Waals surface area (Å²) in [4.78, 5) is 12.6. The molecule has 546 valence electrons. The van der Waals surface area contributed by atoms with Crippen LogP contribution in [0.25, 0.3) is 0 Å². The molecule has 91 heavy (non-hydrogen) atoms. The van der Waals surface area contributed by atoms with Crippen molar-refractivity contribution in [1.29, 1.82) is 0 Å². The van der Waals surface area contributed by atoms with Gasteiger partial charge in [-0.05, 0) is 176 Å². The van der Waals surface area contributed by atoms with Gasteiger partial charge in [-0.25, -0.2) is 32.0 Å². The van der Waals surface area contributed by atoms with E-state index in [1.165, 1.54) is 0 Å². The SMILES string of the molecule is CCCOP(=O)(OCC(C)C)SCC(C)OP(=O)(OC(C)CSP(=O)(OCC(C)C)OCC(C)C)SCC(C)OP(=O)(OC(C)CSP(=O)(OC(C)CSP(=O)(OCC(C)C)OCC(C)C)OC(C)CSP(=O)(OCC(C)C)OCC(C)C)SCCC(=O)OCC. The van der Waals surface area contributed by atoms with Crippen LogP contribution in [0.1, 0.15) is 165 Å². The summed E-state index contributed by atoms with van der Waals surface area (Å²) in [5, 5.41) is 0. The average molecular weight is 1570 g/mol. The van der Waals surface area contributed by atoms with E-state index in [4.69, 9.17) is 68.1 Å². The average Bonchev–Trinajstić information content (AvgIpc) is 1.61. The van der Waals surface area contributed by atoms with Crippen LogP contribution in [-0.4, -0.2) is 142 Å². The quantitative estimate of drug-likeness (QED) is 0.0404. The number of carbonyl (C=O) groups is 1. The highest BCUT2D eigenvalue weighted by Crippen LogP contribution is 2.70. The number of hydrogen-bond acceptors (Lipinski definition) is 30. The molecule has 0 heterocycles. The number of ether oxygens (including phenoxy) is 1. The molecule has 0 saturated carbocycles. The molecular weight excluding hydrogens is 1460 g/mol. The Morgan fingerprint density at radius 3 is 0.692 bits per heavy atom. The topological polar surface area (TPSA) is 275 Å². The van der Waals surface area contributed by atoms with E-state index in [2.05, 4.69) is 0 Å². The molecule has 0 rings (SSSR count). The van der Waals surface area contributed by atoms with Crippen LogP contribution in [0.4, 0.5) is 0 Å². The lowest BCUT2D eigenvalue weighted by Gasteiger charge is -2.29. The van der Waals surface area contributed by atoms with E-state index < -0.39 is 90.2 Å². The molecule has 0 aromatic heterocycles. The molecule has 23 nitrogen and oxygen atoms in total. The maximum Gasteiger partial charge on any atom is 0.389 e. The van der Waals surface area contributed by atoms with Crippen LogP contribution in [0.5, 0.6) is 0 Å². The predicted octanol–water partition coefficient (Wildman–Crippen LogP) is 21.4. The van der Waals surface area contributed by atoms with E-state index in [1.807, 2.05) is 104 Å². The van der Waals surface area contributed by atoms with Crippen molar-refractivity contribution < 1.29 is 105 Å². The molecule has 0 N–H and O–H groups in total. The van der Waals surface area contributed by atoms with Gasteiger partial charge in [-0.3, -0.25) is 31.9 Å². The number of rotatable bonds is 59. The van der Waals surface area contributed by atoms with Gasteiger partial charge in [-0.2, -0.15) is 0 Å². The van der Waals surface area contributed by atoms with Crippen molar-refractivity contribution in [2.24, 2.45) is 41.4 Å². The Labute approximate surface area is 576 Å². The van der Waals surface area contributed by atoms with Gasteiger partial charge in [0, 0.05) is 40.3 Å². The van der Waals surface area contributed by atoms with E-state index in [0.29, 0.717) is 6.42 Å². The Kier molecular flexibility index (Phi) is 50.4. The lowest BCUT2D eigenvalue weighted by atomic mass is 10.2. The molecule has 0 amide bonds. The second-order valence-corrected chi connectivity index (χ2v) is 53.1. The second kappa shape index (κ2) is 48.8. The van der Waals surface area contributed by atoms with Crippen LogP contribution in [0, 0.1) is 41.4 Å². The van der Waals surface area contributed by atoms with Crippen molar-refractivity contribution >= 4 is 133 Å². The van der Waals surface area contributed by atoms with E-state index in [0.717, 1.165) is 79.7 Å². The van der Waals surface area contributed by atoms with Crippen molar-refractivity contribution in [3.05, 3.63) is 0 Å². The van der Waals surface area contributed by atoms with E-state index in [1.54, 1.807) is 48.5 Å². The Morgan fingerprint density at radius 1 is 0.297 bits per heavy atom. The van der Waals surface area contributed by atoms with Gasteiger partial charge >= 0.3 is 53.6 Å². The fourth-order valence-corrected chi connectivity index (χ4v) is 32.9. The van der Waals surface area contributed by atoms with Crippen LogP contribution < -0.4 is 0 Å². The maximum atomic E-state index is 15.1. The standard InChI is InChI=1S/C54H115O23P7S7/c1-23-26-64-78(56,65-28-41(3)4)86-35-48(17)74-83(61,75-49(18)36-87-79(57,66-29-42(5)6)67-30-43(7)8)90-39-52(21)72-82(60,85-27-25-54(55)63-24-2)73-53(22)40-91-84(62,76-50(19)37-88-80(58,68-31-44(9)10)69-32-45(11)12)77-51(20)38-89-81(59,70-33-46(13)14)71-34-47(15)16/h41-53H,23-40H2,1-22H3. The van der Waals surface area contributed by atoms with Gasteiger partial charge in [0.2, 0.25) is 0 Å². The zero-order valence-corrected chi connectivity index (χ0v) is 70.1. The first-order chi connectivity index (χ1) is 42.0. The van der Waals surface area contributed by atoms with Crippen LogP contribution >= 0.6 is 127 Å². The maximum absolute atomic E-state index is 15.1. The first-order valence-corrected chi connectivity index (χ1v) is 53.1. The normalized spacial score (nSPS) is 17.8. The monoisotopic (exact) mass is 1570 g/mol. The van der Waals surface area contributed by atoms with Crippen LogP contribution in [0.2, 0.25) is 0 Å². The predicted molar refractivity (Wildman–Crippen MR) is 387 cm³/mol. The highest BCUT2D eigenvalue weighted by molar-refractivity contribution is 8.57. The highest BCUT2D eigenvalue weighted by atomic mass is 32.7. The van der Waals surface area contributed by atoms with Crippen molar-refractivity contribution in [1.82, 2.24) is 0 Å². The molecule has 0 spiro atoms. The van der Waals surface area contributed by atoms with E-state index in [9.17, 15) is 23.1 Å². The van der Waals surface area contributed by atoms with Crippen LogP contribution in [-0.2, 0) is 105 Å². The van der Waals surface area contributed by atoms with Gasteiger partial charge in [0.05, 0.1) is 103 Å². The summed E-state index contributed by atoms with van der Waals surface area (Å²) in [6.07, 6.45) is -5.05. The third-order valence-corrected chi connectivity index (χ3v) is 37.7. The molecular formula is C54H115O23P7S7. The largest absolute Gasteiger partial charge is 0.466 e. The first-order valence-electron chi connectivity index (χ1n) is 31.2. The Morgan fingerprint density at radius 2 is 0.495 bits per heavy atom. The fourth-order valence-electron chi connectivity index (χ4n) is 5.75. The van der Waals surface area contributed by atoms with Gasteiger partial charge in [0.25, 0.3) is 0 Å². The summed E-state index contributed by atoms with van der Waals surface area (Å²) in [6.45, 7) is 14.1.